The van der Waals surface area contributed by atoms with E-state index in [-0.39, 0.29) is 10.8 Å². The number of carbonyl (C=O) groups is 1. The van der Waals surface area contributed by atoms with Gasteiger partial charge in [0.1, 0.15) is 0 Å². The third-order valence-electron chi connectivity index (χ3n) is 5.83. The van der Waals surface area contributed by atoms with E-state index < -0.39 is 10.0 Å². The van der Waals surface area contributed by atoms with Gasteiger partial charge in [0.15, 0.2) is 0 Å². The number of morpholine rings is 1. The van der Waals surface area contributed by atoms with Gasteiger partial charge in [-0.3, -0.25) is 4.79 Å². The number of ether oxygens (including phenoxy) is 1. The maximum Gasteiger partial charge on any atom is 0.255 e. The zero-order chi connectivity index (χ0) is 21.8. The van der Waals surface area contributed by atoms with E-state index >= 15 is 0 Å². The summed E-state index contributed by atoms with van der Waals surface area (Å²) in [5, 5.41) is 2.97. The predicted molar refractivity (Wildman–Crippen MR) is 121 cm³/mol. The molecule has 4 rings (SSSR count). The monoisotopic (exact) mass is 443 g/mol. The molecular weight excluding hydrogens is 414 g/mol. The Morgan fingerprint density at radius 2 is 1.61 bits per heavy atom. The quantitative estimate of drug-likeness (QED) is 0.767. The van der Waals surface area contributed by atoms with Gasteiger partial charge in [-0.2, -0.15) is 4.31 Å². The molecule has 2 fully saturated rings. The van der Waals surface area contributed by atoms with Crippen molar-refractivity contribution in [3.05, 3.63) is 53.6 Å². The van der Waals surface area contributed by atoms with Gasteiger partial charge in [-0.25, -0.2) is 8.42 Å². The highest BCUT2D eigenvalue weighted by Crippen LogP contribution is 2.32. The molecule has 0 aliphatic carbocycles. The summed E-state index contributed by atoms with van der Waals surface area (Å²) in [6, 6.07) is 12.4. The first-order valence-electron chi connectivity index (χ1n) is 10.8. The summed E-state index contributed by atoms with van der Waals surface area (Å²) < 4.78 is 33.1. The van der Waals surface area contributed by atoms with Gasteiger partial charge in [0.2, 0.25) is 10.0 Å². The Morgan fingerprint density at radius 3 is 2.29 bits per heavy atom. The van der Waals surface area contributed by atoms with Crippen LogP contribution in [0.5, 0.6) is 0 Å². The number of amides is 1. The summed E-state index contributed by atoms with van der Waals surface area (Å²) in [6.45, 7) is 5.20. The topological polar surface area (TPSA) is 79.0 Å². The van der Waals surface area contributed by atoms with Gasteiger partial charge in [0.05, 0.1) is 29.5 Å². The minimum Gasteiger partial charge on any atom is -0.379 e. The van der Waals surface area contributed by atoms with Crippen molar-refractivity contribution in [2.75, 3.05) is 49.6 Å². The van der Waals surface area contributed by atoms with Crippen LogP contribution in [0.2, 0.25) is 0 Å². The molecule has 2 aliphatic heterocycles. The molecule has 0 unspecified atom stereocenters. The van der Waals surface area contributed by atoms with Crippen molar-refractivity contribution in [2.24, 2.45) is 0 Å². The molecule has 0 spiro atoms. The first-order chi connectivity index (χ1) is 14.9. The van der Waals surface area contributed by atoms with E-state index in [2.05, 4.69) is 10.2 Å². The van der Waals surface area contributed by atoms with Crippen molar-refractivity contribution in [1.29, 1.82) is 0 Å². The molecule has 0 radical (unpaired) electrons. The number of piperidine rings is 1. The molecule has 0 saturated carbocycles. The molecule has 166 valence electrons. The smallest absolute Gasteiger partial charge is 0.255 e. The summed E-state index contributed by atoms with van der Waals surface area (Å²) in [7, 11) is -3.65. The van der Waals surface area contributed by atoms with Crippen LogP contribution in [-0.4, -0.2) is 58.0 Å². The number of benzene rings is 2. The van der Waals surface area contributed by atoms with Crippen molar-refractivity contribution >= 4 is 27.3 Å². The third-order valence-corrected chi connectivity index (χ3v) is 7.73. The van der Waals surface area contributed by atoms with E-state index in [1.165, 1.54) is 10.7 Å². The van der Waals surface area contributed by atoms with Gasteiger partial charge in [0.25, 0.3) is 5.91 Å². The number of rotatable bonds is 5. The second kappa shape index (κ2) is 9.38. The fraction of sp³-hybridized carbons (Fsp3) is 0.435. The third kappa shape index (κ3) is 4.92. The van der Waals surface area contributed by atoms with Crippen LogP contribution in [0.1, 0.15) is 35.2 Å². The zero-order valence-electron chi connectivity index (χ0n) is 17.8. The summed E-state index contributed by atoms with van der Waals surface area (Å²) in [5.74, 6) is -0.251. The number of aryl methyl sites for hydroxylation is 1. The number of sulfonamides is 1. The zero-order valence-corrected chi connectivity index (χ0v) is 18.7. The Bertz CT molecular complexity index is 1030. The summed E-state index contributed by atoms with van der Waals surface area (Å²) in [6.07, 6.45) is 3.35. The second-order valence-electron chi connectivity index (χ2n) is 8.06. The molecule has 7 nitrogen and oxygen atoms in total. The van der Waals surface area contributed by atoms with Crippen LogP contribution in [0.15, 0.2) is 47.4 Å². The largest absolute Gasteiger partial charge is 0.379 e. The first-order valence-corrected chi connectivity index (χ1v) is 12.2. The van der Waals surface area contributed by atoms with Gasteiger partial charge in [0, 0.05) is 31.7 Å². The number of nitrogens with zero attached hydrogens (tertiary/aromatic N) is 2. The van der Waals surface area contributed by atoms with Crippen LogP contribution < -0.4 is 10.2 Å². The van der Waals surface area contributed by atoms with Gasteiger partial charge in [-0.05, 0) is 56.5 Å². The summed E-state index contributed by atoms with van der Waals surface area (Å²) >= 11 is 0. The van der Waals surface area contributed by atoms with E-state index in [0.29, 0.717) is 37.6 Å². The Hall–Kier alpha value is -2.42. The average molecular weight is 444 g/mol. The fourth-order valence-corrected chi connectivity index (χ4v) is 5.46. The van der Waals surface area contributed by atoms with Crippen molar-refractivity contribution in [1.82, 2.24) is 4.31 Å². The molecule has 1 amide bonds. The number of hydrogen-bond acceptors (Lipinski definition) is 5. The Labute approximate surface area is 184 Å². The molecule has 1 N–H and O–H groups in total. The van der Waals surface area contributed by atoms with Gasteiger partial charge in [-0.1, -0.05) is 17.7 Å². The maximum atomic E-state index is 13.2. The van der Waals surface area contributed by atoms with Crippen LogP contribution in [0.25, 0.3) is 0 Å². The average Bonchev–Trinajstić information content (AvgIpc) is 2.80. The number of nitrogens with one attached hydrogen (secondary N) is 1. The standard InChI is InChI=1S/C23H29N3O4S/c1-18-5-7-19(8-6-18)23(27)24-21-17-20(31(28,29)26-13-15-30-16-14-26)9-10-22(21)25-11-3-2-4-12-25/h5-10,17H,2-4,11-16H2,1H3,(H,24,27). The number of hydrogen-bond donors (Lipinski definition) is 1. The highest BCUT2D eigenvalue weighted by atomic mass is 32.2. The molecule has 2 heterocycles. The molecule has 2 aromatic carbocycles. The lowest BCUT2D eigenvalue weighted by Crippen LogP contribution is -2.40. The molecular formula is C23H29N3O4S. The van der Waals surface area contributed by atoms with Gasteiger partial charge in [-0.15, -0.1) is 0 Å². The van der Waals surface area contributed by atoms with Crippen molar-refractivity contribution in [3.63, 3.8) is 0 Å². The van der Waals surface area contributed by atoms with Crippen LogP contribution in [0.4, 0.5) is 11.4 Å². The minimum atomic E-state index is -3.65. The molecule has 0 atom stereocenters. The van der Waals surface area contributed by atoms with Crippen molar-refractivity contribution in [2.45, 2.75) is 31.1 Å². The van der Waals surface area contributed by atoms with Crippen LogP contribution >= 0.6 is 0 Å². The minimum absolute atomic E-state index is 0.189. The molecule has 2 saturated heterocycles. The molecule has 0 bridgehead atoms. The first kappa shape index (κ1) is 21.8. The van der Waals surface area contributed by atoms with E-state index in [4.69, 9.17) is 4.74 Å². The van der Waals surface area contributed by atoms with Crippen LogP contribution in [-0.2, 0) is 14.8 Å². The normalized spacial score (nSPS) is 18.0. The molecule has 8 heteroatoms. The number of carbonyl (C=O) groups excluding carboxylic acids is 1. The van der Waals surface area contributed by atoms with E-state index in [1.54, 1.807) is 24.3 Å². The molecule has 0 aromatic heterocycles. The van der Waals surface area contributed by atoms with Crippen molar-refractivity contribution in [3.8, 4) is 0 Å². The Kier molecular flexibility index (Phi) is 6.60. The van der Waals surface area contributed by atoms with Crippen molar-refractivity contribution < 1.29 is 17.9 Å². The van der Waals surface area contributed by atoms with Gasteiger partial charge < -0.3 is 15.0 Å². The van der Waals surface area contributed by atoms with Crippen LogP contribution in [0.3, 0.4) is 0 Å². The lowest BCUT2D eigenvalue weighted by Gasteiger charge is -2.31. The Balaban J connectivity index is 1.67. The highest BCUT2D eigenvalue weighted by Gasteiger charge is 2.28. The fourth-order valence-electron chi connectivity index (χ4n) is 4.02. The lowest BCUT2D eigenvalue weighted by molar-refractivity contribution is 0.0730. The van der Waals surface area contributed by atoms with Crippen LogP contribution in [0, 0.1) is 6.92 Å². The SMILES string of the molecule is Cc1ccc(C(=O)Nc2cc(S(=O)(=O)N3CCOCC3)ccc2N2CCCCC2)cc1. The Morgan fingerprint density at radius 1 is 0.935 bits per heavy atom. The van der Waals surface area contributed by atoms with E-state index in [9.17, 15) is 13.2 Å². The van der Waals surface area contributed by atoms with E-state index in [1.807, 2.05) is 25.1 Å². The molecule has 31 heavy (non-hydrogen) atoms. The predicted octanol–water partition coefficient (Wildman–Crippen LogP) is 3.26. The number of anilines is 2. The summed E-state index contributed by atoms with van der Waals surface area (Å²) in [5.41, 5.74) is 3.00. The van der Waals surface area contributed by atoms with Gasteiger partial charge >= 0.3 is 0 Å². The second-order valence-corrected chi connectivity index (χ2v) is 10.0. The maximum absolute atomic E-state index is 13.2. The van der Waals surface area contributed by atoms with E-state index in [0.717, 1.165) is 37.2 Å². The lowest BCUT2D eigenvalue weighted by atomic mass is 10.1. The molecule has 2 aliphatic rings. The summed E-state index contributed by atoms with van der Waals surface area (Å²) in [4.78, 5) is 15.3. The highest BCUT2D eigenvalue weighted by molar-refractivity contribution is 7.89. The molecule has 2 aromatic rings.